The van der Waals surface area contributed by atoms with E-state index < -0.39 is 6.04 Å². The van der Waals surface area contributed by atoms with Crippen molar-refractivity contribution in [3.05, 3.63) is 35.9 Å². The highest BCUT2D eigenvalue weighted by Gasteiger charge is 2.28. The number of rotatable bonds is 7. The van der Waals surface area contributed by atoms with Crippen molar-refractivity contribution in [2.45, 2.75) is 66.5 Å². The van der Waals surface area contributed by atoms with Crippen molar-refractivity contribution < 1.29 is 9.59 Å². The molecular weight excluding hydrogens is 300 g/mol. The van der Waals surface area contributed by atoms with Crippen LogP contribution in [0.1, 0.15) is 66.0 Å². The summed E-state index contributed by atoms with van der Waals surface area (Å²) in [4.78, 5) is 25.0. The van der Waals surface area contributed by atoms with Gasteiger partial charge in [-0.05, 0) is 23.8 Å². The summed E-state index contributed by atoms with van der Waals surface area (Å²) in [6.45, 7) is 12.0. The van der Waals surface area contributed by atoms with E-state index in [0.29, 0.717) is 6.42 Å². The van der Waals surface area contributed by atoms with E-state index in [1.54, 1.807) is 0 Å². The second-order valence-electron chi connectivity index (χ2n) is 7.81. The van der Waals surface area contributed by atoms with Crippen molar-refractivity contribution in [2.24, 2.45) is 11.3 Å². The molecule has 2 N–H and O–H groups in total. The van der Waals surface area contributed by atoms with Gasteiger partial charge >= 0.3 is 0 Å². The molecule has 0 aliphatic heterocycles. The van der Waals surface area contributed by atoms with E-state index in [1.807, 2.05) is 71.9 Å². The van der Waals surface area contributed by atoms with Gasteiger partial charge in [-0.2, -0.15) is 0 Å². The van der Waals surface area contributed by atoms with Crippen LogP contribution >= 0.6 is 0 Å². The third-order valence-corrected chi connectivity index (χ3v) is 4.16. The van der Waals surface area contributed by atoms with E-state index in [4.69, 9.17) is 0 Å². The molecule has 1 aromatic rings. The number of nitrogens with one attached hydrogen (secondary N) is 2. The molecule has 2 amide bonds. The first-order chi connectivity index (χ1) is 11.1. The van der Waals surface area contributed by atoms with E-state index >= 15 is 0 Å². The van der Waals surface area contributed by atoms with E-state index in [-0.39, 0.29) is 29.2 Å². The van der Waals surface area contributed by atoms with Crippen LogP contribution in [0.5, 0.6) is 0 Å². The minimum atomic E-state index is -0.504. The molecule has 134 valence electrons. The third kappa shape index (κ3) is 6.73. The van der Waals surface area contributed by atoms with Gasteiger partial charge < -0.3 is 10.6 Å². The van der Waals surface area contributed by atoms with Gasteiger partial charge in [0.05, 0.1) is 6.04 Å². The third-order valence-electron chi connectivity index (χ3n) is 4.16. The molecule has 4 heteroatoms. The molecule has 0 aliphatic rings. The second-order valence-corrected chi connectivity index (χ2v) is 7.81. The van der Waals surface area contributed by atoms with Crippen LogP contribution < -0.4 is 10.6 Å². The van der Waals surface area contributed by atoms with E-state index in [9.17, 15) is 9.59 Å². The van der Waals surface area contributed by atoms with Gasteiger partial charge in [0.25, 0.3) is 0 Å². The van der Waals surface area contributed by atoms with E-state index in [1.165, 1.54) is 0 Å². The SMILES string of the molecule is CCC(C)C(NC(=O)CC(C)(C)C)C(=O)NC(C)c1ccccc1. The maximum atomic E-state index is 12.7. The Kier molecular flexibility index (Phi) is 7.46. The fourth-order valence-corrected chi connectivity index (χ4v) is 2.54. The van der Waals surface area contributed by atoms with Crippen LogP contribution in [0.2, 0.25) is 0 Å². The summed E-state index contributed by atoms with van der Waals surface area (Å²) in [5, 5.41) is 5.96. The van der Waals surface area contributed by atoms with Crippen LogP contribution in [0.4, 0.5) is 0 Å². The Hall–Kier alpha value is -1.84. The molecule has 3 atom stereocenters. The Labute approximate surface area is 146 Å². The Morgan fingerprint density at radius 2 is 1.62 bits per heavy atom. The highest BCUT2D eigenvalue weighted by Crippen LogP contribution is 2.19. The molecule has 0 aliphatic carbocycles. The van der Waals surface area contributed by atoms with Gasteiger partial charge in [-0.15, -0.1) is 0 Å². The molecule has 0 aromatic heterocycles. The molecule has 1 aromatic carbocycles. The highest BCUT2D eigenvalue weighted by molar-refractivity contribution is 5.88. The minimum Gasteiger partial charge on any atom is -0.348 e. The van der Waals surface area contributed by atoms with Gasteiger partial charge in [0.15, 0.2) is 0 Å². The summed E-state index contributed by atoms with van der Waals surface area (Å²) < 4.78 is 0. The van der Waals surface area contributed by atoms with Crippen molar-refractivity contribution in [1.82, 2.24) is 10.6 Å². The zero-order valence-electron chi connectivity index (χ0n) is 15.8. The molecular formula is C20H32N2O2. The molecule has 0 heterocycles. The van der Waals surface area contributed by atoms with Crippen LogP contribution in [0.15, 0.2) is 30.3 Å². The fraction of sp³-hybridized carbons (Fsp3) is 0.600. The zero-order valence-corrected chi connectivity index (χ0v) is 15.8. The van der Waals surface area contributed by atoms with Crippen molar-refractivity contribution in [2.75, 3.05) is 0 Å². The summed E-state index contributed by atoms with van der Waals surface area (Å²) in [6.07, 6.45) is 1.23. The van der Waals surface area contributed by atoms with Crippen LogP contribution in [0, 0.1) is 11.3 Å². The standard InChI is InChI=1S/C20H32N2O2/c1-7-14(2)18(22-17(23)13-20(4,5)6)19(24)21-15(3)16-11-9-8-10-12-16/h8-12,14-15,18H,7,13H2,1-6H3,(H,21,24)(H,22,23). The summed E-state index contributed by atoms with van der Waals surface area (Å²) in [5.41, 5.74) is 0.951. The number of carbonyl (C=O) groups is 2. The summed E-state index contributed by atoms with van der Waals surface area (Å²) in [6, 6.07) is 9.24. The van der Waals surface area contributed by atoms with Gasteiger partial charge in [0.2, 0.25) is 11.8 Å². The molecule has 4 nitrogen and oxygen atoms in total. The van der Waals surface area contributed by atoms with Crippen molar-refractivity contribution in [3.63, 3.8) is 0 Å². The molecule has 1 rings (SSSR count). The Balaban J connectivity index is 2.76. The van der Waals surface area contributed by atoms with Crippen LogP contribution in [0.3, 0.4) is 0 Å². The number of hydrogen-bond donors (Lipinski definition) is 2. The van der Waals surface area contributed by atoms with E-state index in [2.05, 4.69) is 10.6 Å². The molecule has 0 spiro atoms. The van der Waals surface area contributed by atoms with Gasteiger partial charge in [-0.3, -0.25) is 9.59 Å². The van der Waals surface area contributed by atoms with Crippen LogP contribution in [-0.2, 0) is 9.59 Å². The molecule has 0 fully saturated rings. The zero-order chi connectivity index (χ0) is 18.3. The first-order valence-electron chi connectivity index (χ1n) is 8.78. The topological polar surface area (TPSA) is 58.2 Å². The molecule has 0 saturated carbocycles. The maximum Gasteiger partial charge on any atom is 0.243 e. The molecule has 0 saturated heterocycles. The lowest BCUT2D eigenvalue weighted by atomic mass is 9.91. The summed E-state index contributed by atoms with van der Waals surface area (Å²) in [5.74, 6) is -0.116. The highest BCUT2D eigenvalue weighted by atomic mass is 16.2. The molecule has 3 unspecified atom stereocenters. The average Bonchev–Trinajstić information content (AvgIpc) is 2.50. The number of amides is 2. The smallest absolute Gasteiger partial charge is 0.243 e. The Bertz CT molecular complexity index is 534. The van der Waals surface area contributed by atoms with Crippen molar-refractivity contribution >= 4 is 11.8 Å². The lowest BCUT2D eigenvalue weighted by Crippen LogP contribution is -2.51. The predicted molar refractivity (Wildman–Crippen MR) is 98.5 cm³/mol. The van der Waals surface area contributed by atoms with Crippen LogP contribution in [-0.4, -0.2) is 17.9 Å². The summed E-state index contributed by atoms with van der Waals surface area (Å²) >= 11 is 0. The first-order valence-corrected chi connectivity index (χ1v) is 8.78. The molecule has 0 bridgehead atoms. The molecule has 24 heavy (non-hydrogen) atoms. The summed E-state index contributed by atoms with van der Waals surface area (Å²) in [7, 11) is 0. The van der Waals surface area contributed by atoms with E-state index in [0.717, 1.165) is 12.0 Å². The Morgan fingerprint density at radius 3 is 2.12 bits per heavy atom. The maximum absolute atomic E-state index is 12.7. The second kappa shape index (κ2) is 8.86. The first kappa shape index (κ1) is 20.2. The number of benzene rings is 1. The van der Waals surface area contributed by atoms with Crippen LogP contribution in [0.25, 0.3) is 0 Å². The lowest BCUT2D eigenvalue weighted by Gasteiger charge is -2.27. The number of hydrogen-bond acceptors (Lipinski definition) is 2. The largest absolute Gasteiger partial charge is 0.348 e. The number of carbonyl (C=O) groups excluding carboxylic acids is 2. The van der Waals surface area contributed by atoms with Gasteiger partial charge in [0, 0.05) is 6.42 Å². The van der Waals surface area contributed by atoms with Crippen molar-refractivity contribution in [3.8, 4) is 0 Å². The lowest BCUT2D eigenvalue weighted by molar-refractivity contribution is -0.131. The molecule has 0 radical (unpaired) electrons. The predicted octanol–water partition coefficient (Wildman–Crippen LogP) is 3.83. The Morgan fingerprint density at radius 1 is 1.04 bits per heavy atom. The normalized spacial score (nSPS) is 15.2. The average molecular weight is 332 g/mol. The van der Waals surface area contributed by atoms with Gasteiger partial charge in [-0.25, -0.2) is 0 Å². The van der Waals surface area contributed by atoms with Gasteiger partial charge in [-0.1, -0.05) is 71.4 Å². The minimum absolute atomic E-state index is 0.0738. The van der Waals surface area contributed by atoms with Gasteiger partial charge in [0.1, 0.15) is 6.04 Å². The quantitative estimate of drug-likeness (QED) is 0.797. The fourth-order valence-electron chi connectivity index (χ4n) is 2.54. The van der Waals surface area contributed by atoms with Crippen molar-refractivity contribution in [1.29, 1.82) is 0 Å². The monoisotopic (exact) mass is 332 g/mol.